The number of phenols is 1. The third kappa shape index (κ3) is 6.28. The Balaban J connectivity index is 1.50. The Labute approximate surface area is 252 Å². The number of esters is 1. The molecule has 0 amide bonds. The van der Waals surface area contributed by atoms with Crippen LogP contribution >= 0.6 is 0 Å². The summed E-state index contributed by atoms with van der Waals surface area (Å²) in [6.07, 6.45) is 1.40. The van der Waals surface area contributed by atoms with Crippen LogP contribution in [0.5, 0.6) is 23.0 Å². The molecule has 0 saturated heterocycles. The molecule has 1 fully saturated rings. The summed E-state index contributed by atoms with van der Waals surface area (Å²) in [5.41, 5.74) is 4.31. The van der Waals surface area contributed by atoms with Crippen LogP contribution in [0.15, 0.2) is 83.0 Å². The van der Waals surface area contributed by atoms with Crippen molar-refractivity contribution in [1.29, 1.82) is 0 Å². The standard InChI is InChI=1S/C35H37NO7/c1-5-42-30-20-24(11-13-27(30)37)33-32(35(39)43-16-15-22-9-7-6-8-10-22)21(2)36-26-17-25(18-28(38)34(26)33)23-12-14-29(40-3)31(19-23)41-4/h6-14,19-20,25,33-34,37H,5,15-18H2,1-4H3/t25-,33-,34?/m1/s1. The number of ketones is 1. The van der Waals surface area contributed by atoms with Crippen molar-refractivity contribution < 1.29 is 33.6 Å². The maximum absolute atomic E-state index is 14.0. The van der Waals surface area contributed by atoms with Gasteiger partial charge >= 0.3 is 5.97 Å². The molecular weight excluding hydrogens is 546 g/mol. The number of rotatable bonds is 10. The van der Waals surface area contributed by atoms with E-state index in [0.29, 0.717) is 53.5 Å². The van der Waals surface area contributed by atoms with Crippen molar-refractivity contribution in [2.24, 2.45) is 10.9 Å². The fraction of sp³-hybridized carbons (Fsp3) is 0.343. The highest BCUT2D eigenvalue weighted by Crippen LogP contribution is 2.47. The van der Waals surface area contributed by atoms with Gasteiger partial charge in [0.2, 0.25) is 0 Å². The van der Waals surface area contributed by atoms with Gasteiger partial charge in [-0.1, -0.05) is 42.5 Å². The quantitative estimate of drug-likeness (QED) is 0.285. The van der Waals surface area contributed by atoms with Gasteiger partial charge in [-0.25, -0.2) is 4.79 Å². The Bertz CT molecular complexity index is 1560. The number of hydrogen-bond acceptors (Lipinski definition) is 8. The van der Waals surface area contributed by atoms with Crippen LogP contribution in [0.2, 0.25) is 0 Å². The average molecular weight is 584 g/mol. The molecule has 3 atom stereocenters. The minimum absolute atomic E-state index is 0.00789. The van der Waals surface area contributed by atoms with Gasteiger partial charge in [0, 0.05) is 30.2 Å². The Morgan fingerprint density at radius 3 is 2.35 bits per heavy atom. The first-order chi connectivity index (χ1) is 20.8. The highest BCUT2D eigenvalue weighted by atomic mass is 16.5. The molecule has 5 rings (SSSR count). The second kappa shape index (κ2) is 13.2. The highest BCUT2D eigenvalue weighted by molar-refractivity contribution is 6.12. The molecular formula is C35H37NO7. The molecule has 3 aromatic rings. The summed E-state index contributed by atoms with van der Waals surface area (Å²) in [4.78, 5) is 32.6. The number of methoxy groups -OCH3 is 2. The smallest absolute Gasteiger partial charge is 0.336 e. The fourth-order valence-electron chi connectivity index (χ4n) is 6.12. The third-order valence-corrected chi connectivity index (χ3v) is 8.16. The number of allylic oxidation sites excluding steroid dienone is 1. The predicted octanol–water partition coefficient (Wildman–Crippen LogP) is 6.17. The van der Waals surface area contributed by atoms with Crippen LogP contribution < -0.4 is 14.2 Å². The first kappa shape index (κ1) is 29.9. The molecule has 43 heavy (non-hydrogen) atoms. The predicted molar refractivity (Wildman–Crippen MR) is 163 cm³/mol. The van der Waals surface area contributed by atoms with Gasteiger partial charge in [0.1, 0.15) is 5.78 Å². The summed E-state index contributed by atoms with van der Waals surface area (Å²) >= 11 is 0. The van der Waals surface area contributed by atoms with E-state index >= 15 is 0 Å². The maximum atomic E-state index is 14.0. The van der Waals surface area contributed by atoms with Gasteiger partial charge in [0.15, 0.2) is 23.0 Å². The SMILES string of the molecule is CCOc1cc([C@@H]2C(C(=O)OCCc3ccccc3)=C(C)N=C3C[C@@H](c4ccc(OC)c(OC)c4)CC(=O)C32)ccc1O. The molecule has 8 nitrogen and oxygen atoms in total. The average Bonchev–Trinajstić information content (AvgIpc) is 3.01. The molecule has 3 aromatic carbocycles. The first-order valence-electron chi connectivity index (χ1n) is 14.5. The van der Waals surface area contributed by atoms with Gasteiger partial charge < -0.3 is 24.1 Å². The summed E-state index contributed by atoms with van der Waals surface area (Å²) < 4.78 is 22.3. The van der Waals surface area contributed by atoms with Crippen LogP contribution in [-0.2, 0) is 20.7 Å². The molecule has 8 heteroatoms. The van der Waals surface area contributed by atoms with Crippen molar-refractivity contribution in [1.82, 2.24) is 0 Å². The monoisotopic (exact) mass is 583 g/mol. The van der Waals surface area contributed by atoms with E-state index in [-0.39, 0.29) is 30.5 Å². The first-order valence-corrected chi connectivity index (χ1v) is 14.5. The number of nitrogens with zero attached hydrogens (tertiary/aromatic N) is 1. The number of aromatic hydroxyl groups is 1. The molecule has 1 heterocycles. The van der Waals surface area contributed by atoms with E-state index in [1.807, 2.05) is 55.5 Å². The molecule has 2 aliphatic rings. The van der Waals surface area contributed by atoms with E-state index in [2.05, 4.69) is 0 Å². The number of fused-ring (bicyclic) bond motifs is 1. The molecule has 1 aliphatic carbocycles. The maximum Gasteiger partial charge on any atom is 0.336 e. The van der Waals surface area contributed by atoms with Crippen molar-refractivity contribution in [3.8, 4) is 23.0 Å². The minimum atomic E-state index is -0.643. The number of ether oxygens (including phenoxy) is 4. The van der Waals surface area contributed by atoms with Gasteiger partial charge in [-0.15, -0.1) is 0 Å². The van der Waals surface area contributed by atoms with E-state index in [4.69, 9.17) is 23.9 Å². The number of Topliss-reactive ketones (excluding diaryl/α,β-unsaturated/α-hetero) is 1. The van der Waals surface area contributed by atoms with E-state index in [0.717, 1.165) is 16.8 Å². The molecule has 0 aromatic heterocycles. The summed E-state index contributed by atoms with van der Waals surface area (Å²) in [6.45, 7) is 4.17. The molecule has 1 unspecified atom stereocenters. The summed E-state index contributed by atoms with van der Waals surface area (Å²) in [7, 11) is 3.17. The second-order valence-electron chi connectivity index (χ2n) is 10.8. The Morgan fingerprint density at radius 2 is 1.63 bits per heavy atom. The minimum Gasteiger partial charge on any atom is -0.504 e. The molecule has 1 aliphatic heterocycles. The number of carbonyl (C=O) groups is 2. The fourth-order valence-corrected chi connectivity index (χ4v) is 6.12. The molecule has 0 spiro atoms. The van der Waals surface area contributed by atoms with Crippen molar-refractivity contribution in [3.63, 3.8) is 0 Å². The Morgan fingerprint density at radius 1 is 0.907 bits per heavy atom. The number of hydrogen-bond donors (Lipinski definition) is 1. The number of benzene rings is 3. The zero-order valence-corrected chi connectivity index (χ0v) is 25.0. The van der Waals surface area contributed by atoms with Gasteiger partial charge in [-0.05, 0) is 67.1 Å². The zero-order chi connectivity index (χ0) is 30.5. The molecule has 0 bridgehead atoms. The zero-order valence-electron chi connectivity index (χ0n) is 25.0. The number of carbonyl (C=O) groups excluding carboxylic acids is 2. The summed E-state index contributed by atoms with van der Waals surface area (Å²) in [5.74, 6) is -0.378. The van der Waals surface area contributed by atoms with Crippen molar-refractivity contribution in [3.05, 3.63) is 94.7 Å². The van der Waals surface area contributed by atoms with Crippen LogP contribution in [0, 0.1) is 5.92 Å². The van der Waals surface area contributed by atoms with Crippen molar-refractivity contribution in [2.75, 3.05) is 27.4 Å². The number of aliphatic imine (C=N–C) groups is 1. The topological polar surface area (TPSA) is 104 Å². The van der Waals surface area contributed by atoms with Gasteiger partial charge in [0.05, 0.1) is 38.9 Å². The molecule has 1 saturated carbocycles. The van der Waals surface area contributed by atoms with Crippen LogP contribution in [0.25, 0.3) is 0 Å². The van der Waals surface area contributed by atoms with E-state index in [9.17, 15) is 14.7 Å². The summed E-state index contributed by atoms with van der Waals surface area (Å²) in [6, 6.07) is 20.5. The summed E-state index contributed by atoms with van der Waals surface area (Å²) in [5, 5.41) is 10.4. The largest absolute Gasteiger partial charge is 0.504 e. The lowest BCUT2D eigenvalue weighted by atomic mass is 9.66. The molecule has 224 valence electrons. The van der Waals surface area contributed by atoms with Gasteiger partial charge in [-0.2, -0.15) is 0 Å². The number of phenolic OH excluding ortho intramolecular Hbond substituents is 1. The van der Waals surface area contributed by atoms with Gasteiger partial charge in [-0.3, -0.25) is 9.79 Å². The Kier molecular flexibility index (Phi) is 9.14. The molecule has 0 radical (unpaired) electrons. The lowest BCUT2D eigenvalue weighted by Gasteiger charge is -2.38. The third-order valence-electron chi connectivity index (χ3n) is 8.16. The van der Waals surface area contributed by atoms with E-state index in [1.165, 1.54) is 0 Å². The van der Waals surface area contributed by atoms with Gasteiger partial charge in [0.25, 0.3) is 0 Å². The van der Waals surface area contributed by atoms with Crippen molar-refractivity contribution in [2.45, 2.75) is 44.9 Å². The lowest BCUT2D eigenvalue weighted by Crippen LogP contribution is -2.41. The van der Waals surface area contributed by atoms with E-state index in [1.54, 1.807) is 39.3 Å². The molecule has 1 N–H and O–H groups in total. The Hall–Kier alpha value is -4.59. The van der Waals surface area contributed by atoms with Crippen LogP contribution in [0.3, 0.4) is 0 Å². The highest BCUT2D eigenvalue weighted by Gasteiger charge is 2.46. The van der Waals surface area contributed by atoms with Crippen LogP contribution in [0.1, 0.15) is 55.2 Å². The normalized spacial score (nSPS) is 19.8. The van der Waals surface area contributed by atoms with Crippen LogP contribution in [0.4, 0.5) is 0 Å². The van der Waals surface area contributed by atoms with E-state index < -0.39 is 17.8 Å². The van der Waals surface area contributed by atoms with Crippen molar-refractivity contribution >= 4 is 17.5 Å². The van der Waals surface area contributed by atoms with Crippen LogP contribution in [-0.4, -0.2) is 50.0 Å². The second-order valence-corrected chi connectivity index (χ2v) is 10.8. The lowest BCUT2D eigenvalue weighted by molar-refractivity contribution is -0.139.